The van der Waals surface area contributed by atoms with Crippen LogP contribution < -0.4 is 5.73 Å². The van der Waals surface area contributed by atoms with Gasteiger partial charge in [0.15, 0.2) is 0 Å². The van der Waals surface area contributed by atoms with Crippen LogP contribution in [0.5, 0.6) is 0 Å². The molecule has 0 bridgehead atoms. The van der Waals surface area contributed by atoms with E-state index in [1.165, 1.54) is 0 Å². The Bertz CT molecular complexity index is 366. The van der Waals surface area contributed by atoms with Gasteiger partial charge >= 0.3 is 0 Å². The Labute approximate surface area is 107 Å². The molecule has 0 aliphatic rings. The summed E-state index contributed by atoms with van der Waals surface area (Å²) in [6.07, 6.45) is 1.60. The van der Waals surface area contributed by atoms with Crippen molar-refractivity contribution in [1.82, 2.24) is 9.78 Å². The van der Waals surface area contributed by atoms with Crippen molar-refractivity contribution in [1.29, 1.82) is 0 Å². The Hall–Kier alpha value is -0.620. The van der Waals surface area contributed by atoms with E-state index in [2.05, 4.69) is 5.10 Å². The highest BCUT2D eigenvalue weighted by molar-refractivity contribution is 6.31. The summed E-state index contributed by atoms with van der Waals surface area (Å²) in [5.41, 5.74) is 6.46. The number of nitrogens with zero attached hydrogens (tertiary/aromatic N) is 2. The van der Waals surface area contributed by atoms with Gasteiger partial charge in [0.05, 0.1) is 41.7 Å². The molecule has 0 aliphatic carbocycles. The van der Waals surface area contributed by atoms with E-state index >= 15 is 0 Å². The molecule has 0 aliphatic heterocycles. The van der Waals surface area contributed by atoms with Crippen LogP contribution in [0, 0.1) is 0 Å². The molecule has 2 N–H and O–H groups in total. The molecule has 1 aromatic rings. The number of nitrogens with two attached hydrogens (primary N) is 1. The fraction of sp³-hybridized carbons (Fsp3) is 0.727. The van der Waals surface area contributed by atoms with Crippen molar-refractivity contribution in [3.63, 3.8) is 0 Å². The number of hydrogen-bond acceptors (Lipinski definition) is 4. The maximum atomic E-state index is 6.19. The monoisotopic (exact) mass is 261 g/mol. The van der Waals surface area contributed by atoms with E-state index in [0.717, 1.165) is 5.69 Å². The molecule has 5 nitrogen and oxygen atoms in total. The Morgan fingerprint density at radius 3 is 2.71 bits per heavy atom. The second-order valence-electron chi connectivity index (χ2n) is 4.38. The minimum Gasteiger partial charge on any atom is -0.383 e. The van der Waals surface area contributed by atoms with Gasteiger partial charge in [-0.15, -0.1) is 0 Å². The zero-order valence-corrected chi connectivity index (χ0v) is 11.5. The molecule has 1 heterocycles. The average molecular weight is 262 g/mol. The molecule has 6 heteroatoms. The number of aromatic nitrogens is 2. The van der Waals surface area contributed by atoms with Crippen LogP contribution in [0.2, 0.25) is 5.02 Å². The molecule has 0 aromatic carbocycles. The van der Waals surface area contributed by atoms with Gasteiger partial charge in [0, 0.05) is 14.2 Å². The van der Waals surface area contributed by atoms with Crippen molar-refractivity contribution in [2.45, 2.75) is 32.0 Å². The molecule has 0 amide bonds. The highest BCUT2D eigenvalue weighted by atomic mass is 35.5. The molecular weight excluding hydrogens is 242 g/mol. The van der Waals surface area contributed by atoms with E-state index in [4.69, 9.17) is 26.8 Å². The lowest BCUT2D eigenvalue weighted by atomic mass is 9.96. The summed E-state index contributed by atoms with van der Waals surface area (Å²) in [5, 5.41) is 4.75. The lowest BCUT2D eigenvalue weighted by Crippen LogP contribution is -2.39. The summed E-state index contributed by atoms with van der Waals surface area (Å²) in [6, 6.07) is -0.348. The van der Waals surface area contributed by atoms with Gasteiger partial charge < -0.3 is 15.2 Å². The van der Waals surface area contributed by atoms with Gasteiger partial charge in [0.25, 0.3) is 0 Å². The van der Waals surface area contributed by atoms with Crippen LogP contribution in [0.1, 0.15) is 25.6 Å². The average Bonchev–Trinajstić information content (AvgIpc) is 2.66. The second-order valence-corrected chi connectivity index (χ2v) is 4.79. The molecule has 1 aromatic heterocycles. The predicted octanol–water partition coefficient (Wildman–Crippen LogP) is 1.61. The molecule has 98 valence electrons. The first-order valence-corrected chi connectivity index (χ1v) is 5.82. The van der Waals surface area contributed by atoms with E-state index in [1.54, 1.807) is 25.1 Å². The predicted molar refractivity (Wildman–Crippen MR) is 67.1 cm³/mol. The third-order valence-electron chi connectivity index (χ3n) is 2.91. The number of halogens is 1. The first-order valence-electron chi connectivity index (χ1n) is 5.45. The summed E-state index contributed by atoms with van der Waals surface area (Å²) in [5.74, 6) is 0. The molecule has 0 spiro atoms. The highest BCUT2D eigenvalue weighted by Gasteiger charge is 2.31. The smallest absolute Gasteiger partial charge is 0.0835 e. The quantitative estimate of drug-likeness (QED) is 0.845. The number of methoxy groups -OCH3 is 2. The lowest BCUT2D eigenvalue weighted by molar-refractivity contribution is -0.00248. The summed E-state index contributed by atoms with van der Waals surface area (Å²) in [6.45, 7) is 5.01. The van der Waals surface area contributed by atoms with Crippen LogP contribution >= 0.6 is 11.6 Å². The normalized spacial score (nSPS) is 14.0. The van der Waals surface area contributed by atoms with Crippen molar-refractivity contribution >= 4 is 11.6 Å². The van der Waals surface area contributed by atoms with E-state index in [-0.39, 0.29) is 6.04 Å². The van der Waals surface area contributed by atoms with Crippen LogP contribution in [0.25, 0.3) is 0 Å². The summed E-state index contributed by atoms with van der Waals surface area (Å²) < 4.78 is 12.2. The first kappa shape index (κ1) is 14.4. The second kappa shape index (κ2) is 5.82. The maximum Gasteiger partial charge on any atom is 0.0835 e. The van der Waals surface area contributed by atoms with Crippen LogP contribution in [0.3, 0.4) is 0 Å². The Morgan fingerprint density at radius 1 is 1.53 bits per heavy atom. The van der Waals surface area contributed by atoms with Gasteiger partial charge in [-0.25, -0.2) is 0 Å². The summed E-state index contributed by atoms with van der Waals surface area (Å²) in [7, 11) is 3.27. The van der Waals surface area contributed by atoms with Crippen molar-refractivity contribution < 1.29 is 9.47 Å². The van der Waals surface area contributed by atoms with E-state index in [1.807, 2.05) is 13.8 Å². The van der Waals surface area contributed by atoms with Gasteiger partial charge in [-0.05, 0) is 13.8 Å². The van der Waals surface area contributed by atoms with Crippen molar-refractivity contribution in [3.8, 4) is 0 Å². The van der Waals surface area contributed by atoms with E-state index < -0.39 is 5.60 Å². The Kier molecular flexibility index (Phi) is 4.94. The topological polar surface area (TPSA) is 62.3 Å². The minimum absolute atomic E-state index is 0.348. The summed E-state index contributed by atoms with van der Waals surface area (Å²) >= 11 is 6.12. The number of ether oxygens (including phenoxy) is 2. The maximum absolute atomic E-state index is 6.19. The Balaban J connectivity index is 2.99. The molecule has 1 rings (SSSR count). The SMILES string of the molecule is COCCn1ncc(Cl)c1C(N)C(C)(C)OC. The Morgan fingerprint density at radius 2 is 2.18 bits per heavy atom. The number of rotatable bonds is 6. The van der Waals surface area contributed by atoms with Gasteiger partial charge in [-0.2, -0.15) is 5.10 Å². The zero-order valence-electron chi connectivity index (χ0n) is 10.7. The number of hydrogen-bond donors (Lipinski definition) is 1. The summed E-state index contributed by atoms with van der Waals surface area (Å²) in [4.78, 5) is 0. The van der Waals surface area contributed by atoms with Gasteiger partial charge in [-0.3, -0.25) is 4.68 Å². The molecule has 0 saturated carbocycles. The van der Waals surface area contributed by atoms with Crippen molar-refractivity contribution in [3.05, 3.63) is 16.9 Å². The third-order valence-corrected chi connectivity index (χ3v) is 3.20. The largest absolute Gasteiger partial charge is 0.383 e. The van der Waals surface area contributed by atoms with Crippen LogP contribution in [-0.4, -0.2) is 36.2 Å². The molecule has 1 atom stereocenters. The molecule has 17 heavy (non-hydrogen) atoms. The van der Waals surface area contributed by atoms with E-state index in [0.29, 0.717) is 18.2 Å². The minimum atomic E-state index is -0.505. The third kappa shape index (κ3) is 3.19. The van der Waals surface area contributed by atoms with Gasteiger partial charge in [0.1, 0.15) is 0 Å². The molecule has 0 fully saturated rings. The van der Waals surface area contributed by atoms with Crippen LogP contribution in [0.4, 0.5) is 0 Å². The lowest BCUT2D eigenvalue weighted by Gasteiger charge is -2.30. The van der Waals surface area contributed by atoms with E-state index in [9.17, 15) is 0 Å². The van der Waals surface area contributed by atoms with Gasteiger partial charge in [0.2, 0.25) is 0 Å². The van der Waals surface area contributed by atoms with Crippen molar-refractivity contribution in [2.75, 3.05) is 20.8 Å². The standard InChI is InChI=1S/C11H20ClN3O2/c1-11(2,17-4)10(13)9-8(12)7-14-15(9)5-6-16-3/h7,10H,5-6,13H2,1-4H3. The molecule has 0 radical (unpaired) electrons. The molecular formula is C11H20ClN3O2. The van der Waals surface area contributed by atoms with Crippen LogP contribution in [-0.2, 0) is 16.0 Å². The van der Waals surface area contributed by atoms with Gasteiger partial charge in [-0.1, -0.05) is 11.6 Å². The van der Waals surface area contributed by atoms with Crippen LogP contribution in [0.15, 0.2) is 6.20 Å². The highest BCUT2D eigenvalue weighted by Crippen LogP contribution is 2.30. The fourth-order valence-corrected chi connectivity index (χ4v) is 1.75. The zero-order chi connectivity index (χ0) is 13.1. The fourth-order valence-electron chi connectivity index (χ4n) is 1.49. The van der Waals surface area contributed by atoms with Crippen molar-refractivity contribution in [2.24, 2.45) is 5.73 Å². The molecule has 0 saturated heterocycles. The molecule has 1 unspecified atom stereocenters. The first-order chi connectivity index (χ1) is 7.94.